The molecule has 4 heterocycles. The molecule has 8 rings (SSSR count). The van der Waals surface area contributed by atoms with Gasteiger partial charge in [-0.25, -0.2) is 15.0 Å². The minimum Gasteiger partial charge on any atom is -0.399 e. The number of amides is 2. The van der Waals surface area contributed by atoms with E-state index in [2.05, 4.69) is 35.9 Å². The molecule has 360 valence electrons. The number of carbonyl (C=O) groups excluding carboxylic acids is 2. The zero-order valence-electron chi connectivity index (χ0n) is 39.6. The number of rotatable bonds is 13. The Kier molecular flexibility index (Phi) is 17.8. The number of hydrogen-bond acceptors (Lipinski definition) is 15. The summed E-state index contributed by atoms with van der Waals surface area (Å²) in [7, 11) is 6.52. The number of nitrogens with one attached hydrogen (secondary N) is 3. The van der Waals surface area contributed by atoms with Crippen molar-refractivity contribution in [3.05, 3.63) is 116 Å². The summed E-state index contributed by atoms with van der Waals surface area (Å²) in [4.78, 5) is 70.8. The maximum Gasteiger partial charge on any atom is 0.270 e. The van der Waals surface area contributed by atoms with Crippen LogP contribution in [-0.2, 0) is 10.8 Å². The number of fused-ring (bicyclic) bond motifs is 2. The van der Waals surface area contributed by atoms with E-state index in [0.29, 0.717) is 63.6 Å². The molecule has 1 unspecified atom stereocenters. The first-order chi connectivity index (χ1) is 33.2. The van der Waals surface area contributed by atoms with Crippen LogP contribution in [-0.4, -0.2) is 116 Å². The minimum atomic E-state index is -1.31. The molecule has 2 amide bonds. The molecule has 0 radical (unpaired) electrons. The molecule has 1 atom stereocenters. The Morgan fingerprint density at radius 1 is 0.725 bits per heavy atom. The number of aromatic nitrogens is 6. The minimum absolute atomic E-state index is 0.0326. The number of nitriles is 2. The molecule has 0 bridgehead atoms. The average Bonchev–Trinajstić information content (AvgIpc) is 4.07. The Morgan fingerprint density at radius 2 is 1.20 bits per heavy atom. The topological polar surface area (TPSA) is 263 Å². The molecule has 2 saturated carbocycles. The molecule has 2 aromatic carbocycles. The number of likely N-dealkylation sites (N-methyl/N-ethyl adjacent to an activating group) is 2. The molecule has 2 fully saturated rings. The van der Waals surface area contributed by atoms with Gasteiger partial charge >= 0.3 is 0 Å². The Balaban J connectivity index is 0.000000186. The zero-order chi connectivity index (χ0) is 49.6. The van der Waals surface area contributed by atoms with Crippen molar-refractivity contribution in [2.45, 2.75) is 68.6 Å². The lowest BCUT2D eigenvalue weighted by Crippen LogP contribution is -2.31. The van der Waals surface area contributed by atoms with Crippen LogP contribution in [0.1, 0.15) is 95.3 Å². The third kappa shape index (κ3) is 13.4. The van der Waals surface area contributed by atoms with Crippen LogP contribution in [0.4, 0.5) is 17.3 Å². The summed E-state index contributed by atoms with van der Waals surface area (Å²) in [6.45, 7) is 2.78. The number of anilines is 3. The smallest absolute Gasteiger partial charge is 0.270 e. The van der Waals surface area contributed by atoms with Gasteiger partial charge in [0.1, 0.15) is 34.6 Å². The lowest BCUT2D eigenvalue weighted by Gasteiger charge is -2.17. The Hall–Kier alpha value is -7.39. The number of hydrogen-bond donors (Lipinski definition) is 4. The third-order valence-corrected chi connectivity index (χ3v) is 12.3. The van der Waals surface area contributed by atoms with Crippen molar-refractivity contribution >= 4 is 62.0 Å². The summed E-state index contributed by atoms with van der Waals surface area (Å²) < 4.78 is 14.8. The highest BCUT2D eigenvalue weighted by Gasteiger charge is 2.24. The number of nitrogens with zero attached hydrogens (tertiary/aromatic N) is 10. The number of pyridine rings is 2. The van der Waals surface area contributed by atoms with Gasteiger partial charge < -0.3 is 31.5 Å². The van der Waals surface area contributed by atoms with E-state index < -0.39 is 10.8 Å². The highest BCUT2D eigenvalue weighted by molar-refractivity contribution is 7.84. The quantitative estimate of drug-likeness (QED) is 0.0887. The second-order valence-corrected chi connectivity index (χ2v) is 18.6. The Bertz CT molecular complexity index is 3040. The zero-order valence-corrected chi connectivity index (χ0v) is 40.4. The molecule has 20 heteroatoms. The number of carbonyl (C=O) groups is 2. The second-order valence-electron chi connectivity index (χ2n) is 17.4. The van der Waals surface area contributed by atoms with Crippen LogP contribution in [0.2, 0.25) is 0 Å². The molecular weight excluding hydrogens is 897 g/mol. The lowest BCUT2D eigenvalue weighted by atomic mass is 10.2. The van der Waals surface area contributed by atoms with Gasteiger partial charge in [-0.1, -0.05) is 37.8 Å². The van der Waals surface area contributed by atoms with Gasteiger partial charge in [0.2, 0.25) is 11.1 Å². The first kappa shape index (κ1) is 51.0. The monoisotopic (exact) mass is 954 g/mol. The molecule has 2 aliphatic rings. The SMILES string of the molecule is CN(C)CCNC(=O)c1cccc(N)c1.CN(C)CCNC(=O)c1cccc(Nc2ncc3cc(C#N)c(=O)n(C4CCCC4)c3n2)c1.CS(=O)c1ncc2cc(C#N)c(=O)n(C3CCCC3)c2n1. The van der Waals surface area contributed by atoms with Crippen molar-refractivity contribution in [1.82, 2.24) is 49.5 Å². The predicted molar refractivity (Wildman–Crippen MR) is 267 cm³/mol. The molecule has 4 aromatic heterocycles. The Morgan fingerprint density at radius 3 is 1.68 bits per heavy atom. The van der Waals surface area contributed by atoms with Gasteiger partial charge in [0.05, 0.1) is 10.8 Å². The van der Waals surface area contributed by atoms with Gasteiger partial charge in [-0.2, -0.15) is 15.5 Å². The molecule has 2 aliphatic carbocycles. The summed E-state index contributed by atoms with van der Waals surface area (Å²) >= 11 is 0. The highest BCUT2D eigenvalue weighted by Crippen LogP contribution is 2.32. The molecular formula is C49H58N14O5S. The van der Waals surface area contributed by atoms with Crippen molar-refractivity contribution in [2.24, 2.45) is 0 Å². The van der Waals surface area contributed by atoms with Gasteiger partial charge in [-0.05, 0) is 102 Å². The van der Waals surface area contributed by atoms with Gasteiger partial charge in [-0.15, -0.1) is 0 Å². The van der Waals surface area contributed by atoms with E-state index in [9.17, 15) is 28.6 Å². The lowest BCUT2D eigenvalue weighted by molar-refractivity contribution is 0.0943. The third-order valence-electron chi connectivity index (χ3n) is 11.6. The normalized spacial score (nSPS) is 14.0. The van der Waals surface area contributed by atoms with Gasteiger partial charge in [0, 0.05) is 90.2 Å². The predicted octanol–water partition coefficient (Wildman–Crippen LogP) is 4.89. The van der Waals surface area contributed by atoms with Crippen molar-refractivity contribution < 1.29 is 13.8 Å². The van der Waals surface area contributed by atoms with Crippen molar-refractivity contribution in [3.63, 3.8) is 0 Å². The Labute approximate surface area is 402 Å². The van der Waals surface area contributed by atoms with Crippen LogP contribution >= 0.6 is 0 Å². The van der Waals surface area contributed by atoms with E-state index in [0.717, 1.165) is 64.5 Å². The fourth-order valence-corrected chi connectivity index (χ4v) is 8.54. The van der Waals surface area contributed by atoms with Crippen molar-refractivity contribution in [1.29, 1.82) is 10.5 Å². The molecule has 6 aromatic rings. The van der Waals surface area contributed by atoms with Crippen LogP contribution < -0.4 is 32.8 Å². The number of nitrogen functional groups attached to an aromatic ring is 1. The molecule has 19 nitrogen and oxygen atoms in total. The number of benzene rings is 2. The number of nitrogens with two attached hydrogens (primary N) is 1. The van der Waals surface area contributed by atoms with Crippen LogP contribution in [0.25, 0.3) is 22.1 Å². The van der Waals surface area contributed by atoms with E-state index in [4.69, 9.17) is 11.0 Å². The fraction of sp³-hybridized carbons (Fsp3) is 0.388. The highest BCUT2D eigenvalue weighted by atomic mass is 32.2. The van der Waals surface area contributed by atoms with Gasteiger partial charge in [-0.3, -0.25) is 32.5 Å². The average molecular weight is 955 g/mol. The molecule has 0 aliphatic heterocycles. The molecule has 0 saturated heterocycles. The van der Waals surface area contributed by atoms with E-state index in [-0.39, 0.29) is 51.3 Å². The fourth-order valence-electron chi connectivity index (χ4n) is 8.12. The van der Waals surface area contributed by atoms with Crippen LogP contribution in [0.3, 0.4) is 0 Å². The second kappa shape index (κ2) is 24.1. The maximum absolute atomic E-state index is 12.9. The summed E-state index contributed by atoms with van der Waals surface area (Å²) in [5.74, 6) is 0.0895. The maximum atomic E-state index is 12.9. The van der Waals surface area contributed by atoms with Crippen molar-refractivity contribution in [2.75, 3.05) is 71.7 Å². The summed E-state index contributed by atoms with van der Waals surface area (Å²) in [5.41, 5.74) is 8.56. The van der Waals surface area contributed by atoms with Crippen LogP contribution in [0.5, 0.6) is 0 Å². The van der Waals surface area contributed by atoms with Gasteiger partial charge in [0.25, 0.3) is 22.9 Å². The van der Waals surface area contributed by atoms with E-state index in [1.165, 1.54) is 18.5 Å². The first-order valence-electron chi connectivity index (χ1n) is 22.7. The van der Waals surface area contributed by atoms with Crippen molar-refractivity contribution in [3.8, 4) is 12.1 Å². The van der Waals surface area contributed by atoms with E-state index in [1.54, 1.807) is 63.9 Å². The molecule has 0 spiro atoms. The van der Waals surface area contributed by atoms with E-state index >= 15 is 0 Å². The summed E-state index contributed by atoms with van der Waals surface area (Å²) in [6, 6.07) is 21.1. The standard InChI is InChI=1S/C24H27N7O2.C14H14N4O2S.C11H17N3O/c1-30(2)11-10-26-22(32)16-6-5-7-19(13-16)28-24-27-15-18-12-17(14-25)23(33)31(21(18)29-24)20-8-3-4-9-20;1-21(20)14-16-8-10-6-9(7-15)13(19)18(12(10)17-14)11-4-2-3-5-11;1-14(2)7-6-13-11(15)9-4-3-5-10(12)8-9/h5-7,12-13,15,20H,3-4,8-11H2,1-2H3,(H,26,32)(H,27,28,29);6,8,11H,2-5H2,1H3;3-5,8H,6-7,12H2,1-2H3,(H,13,15). The van der Waals surface area contributed by atoms with E-state index in [1.807, 2.05) is 56.2 Å². The van der Waals surface area contributed by atoms with Crippen LogP contribution in [0.15, 0.2) is 87.8 Å². The largest absolute Gasteiger partial charge is 0.399 e. The summed E-state index contributed by atoms with van der Waals surface area (Å²) in [6.07, 6.45) is 12.5. The summed E-state index contributed by atoms with van der Waals surface area (Å²) in [5, 5.41) is 28.9. The first-order valence-corrected chi connectivity index (χ1v) is 24.3. The van der Waals surface area contributed by atoms with Gasteiger partial charge in [0.15, 0.2) is 0 Å². The molecule has 69 heavy (non-hydrogen) atoms. The molecule has 5 N–H and O–H groups in total. The van der Waals surface area contributed by atoms with Crippen LogP contribution in [0, 0.1) is 22.7 Å².